The van der Waals surface area contributed by atoms with Crippen molar-refractivity contribution >= 4 is 40.5 Å². The minimum absolute atomic E-state index is 0.145. The first-order chi connectivity index (χ1) is 10.3. The molecular weight excluding hydrogens is 409 g/mol. The van der Waals surface area contributed by atoms with Crippen molar-refractivity contribution in [1.82, 2.24) is 14.7 Å². The summed E-state index contributed by atoms with van der Waals surface area (Å²) in [4.78, 5) is 38.0. The van der Waals surface area contributed by atoms with Gasteiger partial charge in [-0.2, -0.15) is 0 Å². The van der Waals surface area contributed by atoms with Gasteiger partial charge in [-0.3, -0.25) is 24.3 Å². The van der Waals surface area contributed by atoms with Crippen LogP contribution in [0.3, 0.4) is 0 Å². The van der Waals surface area contributed by atoms with Crippen LogP contribution in [-0.2, 0) is 14.4 Å². The number of carboxylic acid groups (broad SMARTS) is 3. The van der Waals surface area contributed by atoms with Crippen molar-refractivity contribution in [2.75, 3.05) is 52.4 Å². The highest BCUT2D eigenvalue weighted by Crippen LogP contribution is 2.10. The maximum absolute atomic E-state index is 11.1. The smallest absolute Gasteiger partial charge is 0.331 e. The topological polar surface area (TPSA) is 122 Å². The van der Waals surface area contributed by atoms with Crippen LogP contribution in [0.1, 0.15) is 0 Å². The lowest BCUT2D eigenvalue weighted by Gasteiger charge is -2.27. The number of carboxylic acids is 3. The lowest BCUT2D eigenvalue weighted by atomic mass is 10.4. The summed E-state index contributed by atoms with van der Waals surface area (Å²) in [6.07, 6.45) is 0. The van der Waals surface area contributed by atoms with E-state index in [0.717, 1.165) is 0 Å². The van der Waals surface area contributed by atoms with E-state index in [1.807, 2.05) is 22.6 Å². The van der Waals surface area contributed by atoms with E-state index < -0.39 is 22.0 Å². The zero-order chi connectivity index (χ0) is 16.7. The molecule has 0 bridgehead atoms. The standard InChI is InChI=1S/C12H20IN3O6/c13-11(12(21)22)16-5-3-14(7-9(17)18)1-2-15(4-6-16)8-10(19)20/h11H,1-8H2,(H,17,18)(H,19,20)(H,21,22). The number of aliphatic carboxylic acids is 3. The van der Waals surface area contributed by atoms with Crippen molar-refractivity contribution in [2.24, 2.45) is 0 Å². The Morgan fingerprint density at radius 3 is 1.50 bits per heavy atom. The second-order valence-corrected chi connectivity index (χ2v) is 6.23. The fraction of sp³-hybridized carbons (Fsp3) is 0.750. The van der Waals surface area contributed by atoms with E-state index in [2.05, 4.69) is 0 Å². The molecular formula is C12H20IN3O6. The minimum Gasteiger partial charge on any atom is -0.480 e. The highest BCUT2D eigenvalue weighted by atomic mass is 127. The highest BCUT2D eigenvalue weighted by molar-refractivity contribution is 14.1. The molecule has 0 spiro atoms. The Balaban J connectivity index is 2.78. The molecule has 126 valence electrons. The average Bonchev–Trinajstić information content (AvgIpc) is 2.49. The SMILES string of the molecule is O=C(O)CN1CCN(CC(=O)O)CCN(C(I)C(=O)O)CC1. The van der Waals surface area contributed by atoms with Crippen LogP contribution < -0.4 is 0 Å². The largest absolute Gasteiger partial charge is 0.480 e. The van der Waals surface area contributed by atoms with Crippen molar-refractivity contribution in [2.45, 2.75) is 4.05 Å². The quantitative estimate of drug-likeness (QED) is 0.275. The van der Waals surface area contributed by atoms with Crippen LogP contribution in [0.4, 0.5) is 0 Å². The molecule has 1 fully saturated rings. The third-order valence-corrected chi connectivity index (χ3v) is 4.70. The molecule has 0 amide bonds. The van der Waals surface area contributed by atoms with Crippen LogP contribution in [0.2, 0.25) is 0 Å². The highest BCUT2D eigenvalue weighted by Gasteiger charge is 2.25. The number of carbonyl (C=O) groups is 3. The fourth-order valence-electron chi connectivity index (χ4n) is 2.24. The van der Waals surface area contributed by atoms with Gasteiger partial charge in [-0.15, -0.1) is 0 Å². The summed E-state index contributed by atoms with van der Waals surface area (Å²) in [5, 5.41) is 27.0. The molecule has 1 atom stereocenters. The average molecular weight is 429 g/mol. The molecule has 0 saturated carbocycles. The van der Waals surface area contributed by atoms with Crippen LogP contribution in [0.25, 0.3) is 0 Å². The first kappa shape index (κ1) is 19.1. The van der Waals surface area contributed by atoms with E-state index in [1.54, 1.807) is 14.7 Å². The van der Waals surface area contributed by atoms with Crippen molar-refractivity contribution in [3.05, 3.63) is 0 Å². The van der Waals surface area contributed by atoms with E-state index in [0.29, 0.717) is 39.3 Å². The zero-order valence-corrected chi connectivity index (χ0v) is 14.2. The maximum Gasteiger partial charge on any atom is 0.331 e. The predicted octanol–water partition coefficient (Wildman–Crippen LogP) is -1.08. The Labute approximate surface area is 141 Å². The number of nitrogens with zero attached hydrogens (tertiary/aromatic N) is 3. The van der Waals surface area contributed by atoms with Crippen molar-refractivity contribution < 1.29 is 29.7 Å². The minimum atomic E-state index is -0.964. The molecule has 9 nitrogen and oxygen atoms in total. The van der Waals surface area contributed by atoms with E-state index >= 15 is 0 Å². The van der Waals surface area contributed by atoms with E-state index in [4.69, 9.17) is 15.3 Å². The molecule has 1 aliphatic heterocycles. The van der Waals surface area contributed by atoms with Crippen molar-refractivity contribution in [3.63, 3.8) is 0 Å². The van der Waals surface area contributed by atoms with Crippen molar-refractivity contribution in [1.29, 1.82) is 0 Å². The van der Waals surface area contributed by atoms with Gasteiger partial charge in [-0.1, -0.05) is 22.6 Å². The summed E-state index contributed by atoms with van der Waals surface area (Å²) in [6, 6.07) is 0. The lowest BCUT2D eigenvalue weighted by Crippen LogP contribution is -2.44. The van der Waals surface area contributed by atoms with Gasteiger partial charge < -0.3 is 15.3 Å². The van der Waals surface area contributed by atoms with Crippen LogP contribution >= 0.6 is 22.6 Å². The molecule has 0 aromatic carbocycles. The molecule has 1 rings (SSSR count). The summed E-state index contributed by atoms with van der Waals surface area (Å²) in [5.41, 5.74) is 0. The van der Waals surface area contributed by atoms with Crippen LogP contribution in [0, 0.1) is 0 Å². The number of hydrogen-bond donors (Lipinski definition) is 3. The molecule has 0 radical (unpaired) electrons. The Bertz CT molecular complexity index is 394. The van der Waals surface area contributed by atoms with Gasteiger partial charge in [0.1, 0.15) is 0 Å². The molecule has 22 heavy (non-hydrogen) atoms. The summed E-state index contributed by atoms with van der Waals surface area (Å²) < 4.78 is -0.728. The second-order valence-electron chi connectivity index (χ2n) is 5.05. The molecule has 1 unspecified atom stereocenters. The molecule has 0 aliphatic carbocycles. The van der Waals surface area contributed by atoms with Crippen LogP contribution in [-0.4, -0.2) is 104 Å². The first-order valence-corrected chi connectivity index (χ1v) is 8.03. The van der Waals surface area contributed by atoms with Gasteiger partial charge in [0.25, 0.3) is 0 Å². The molecule has 10 heteroatoms. The number of hydrogen-bond acceptors (Lipinski definition) is 6. The molecule has 0 aromatic rings. The number of rotatable bonds is 6. The molecule has 1 aliphatic rings. The fourth-order valence-corrected chi connectivity index (χ4v) is 2.80. The molecule has 3 N–H and O–H groups in total. The first-order valence-electron chi connectivity index (χ1n) is 6.79. The Morgan fingerprint density at radius 1 is 0.818 bits per heavy atom. The second kappa shape index (κ2) is 9.22. The molecule has 1 saturated heterocycles. The summed E-state index contributed by atoms with van der Waals surface area (Å²) in [5.74, 6) is -2.88. The third-order valence-electron chi connectivity index (χ3n) is 3.38. The normalized spacial score (nSPS) is 20.6. The van der Waals surface area contributed by atoms with Gasteiger partial charge in [0.15, 0.2) is 4.05 Å². The van der Waals surface area contributed by atoms with E-state index in [-0.39, 0.29) is 13.1 Å². The maximum atomic E-state index is 11.1. The van der Waals surface area contributed by atoms with Crippen LogP contribution in [0.5, 0.6) is 0 Å². The molecule has 1 heterocycles. The van der Waals surface area contributed by atoms with Gasteiger partial charge in [0, 0.05) is 39.3 Å². The summed E-state index contributed by atoms with van der Waals surface area (Å²) in [7, 11) is 0. The monoisotopic (exact) mass is 429 g/mol. The van der Waals surface area contributed by atoms with E-state index in [9.17, 15) is 14.4 Å². The number of halogens is 1. The lowest BCUT2D eigenvalue weighted by molar-refractivity contribution is -0.140. The Morgan fingerprint density at radius 2 is 1.18 bits per heavy atom. The summed E-state index contributed by atoms with van der Waals surface area (Å²) >= 11 is 1.82. The number of alkyl halides is 1. The van der Waals surface area contributed by atoms with Gasteiger partial charge in [-0.25, -0.2) is 4.79 Å². The van der Waals surface area contributed by atoms with Gasteiger partial charge in [0.05, 0.1) is 13.1 Å². The third kappa shape index (κ3) is 6.85. The Kier molecular flexibility index (Phi) is 8.00. The van der Waals surface area contributed by atoms with Gasteiger partial charge in [0.2, 0.25) is 0 Å². The van der Waals surface area contributed by atoms with Crippen LogP contribution in [0.15, 0.2) is 0 Å². The Hall–Kier alpha value is -0.980. The van der Waals surface area contributed by atoms with E-state index in [1.165, 1.54) is 0 Å². The predicted molar refractivity (Wildman–Crippen MR) is 85.2 cm³/mol. The zero-order valence-electron chi connectivity index (χ0n) is 12.0. The summed E-state index contributed by atoms with van der Waals surface area (Å²) in [6.45, 7) is 2.29. The molecule has 0 aromatic heterocycles. The van der Waals surface area contributed by atoms with Gasteiger partial charge >= 0.3 is 17.9 Å². The van der Waals surface area contributed by atoms with Crippen molar-refractivity contribution in [3.8, 4) is 0 Å². The van der Waals surface area contributed by atoms with Gasteiger partial charge in [-0.05, 0) is 0 Å².